The summed E-state index contributed by atoms with van der Waals surface area (Å²) in [6, 6.07) is 20.9. The fraction of sp³-hybridized carbons (Fsp3) is 0.154. The molecule has 4 aromatic rings. The van der Waals surface area contributed by atoms with Crippen molar-refractivity contribution in [2.75, 3.05) is 15.9 Å². The Kier molecular flexibility index (Phi) is 6.23. The van der Waals surface area contributed by atoms with Gasteiger partial charge in [0.15, 0.2) is 5.11 Å². The summed E-state index contributed by atoms with van der Waals surface area (Å²) in [6.07, 6.45) is 4.67. The molecule has 7 nitrogen and oxygen atoms in total. The van der Waals surface area contributed by atoms with E-state index < -0.39 is 10.0 Å². The van der Waals surface area contributed by atoms with Crippen LogP contribution in [0.15, 0.2) is 85.2 Å². The monoisotopic (exact) mass is 521 g/mol. The van der Waals surface area contributed by atoms with Crippen LogP contribution in [0.3, 0.4) is 0 Å². The third-order valence-corrected chi connectivity index (χ3v) is 6.98. The predicted molar refractivity (Wildman–Crippen MR) is 143 cm³/mol. The molecule has 0 aliphatic carbocycles. The molecule has 1 aliphatic heterocycles. The summed E-state index contributed by atoms with van der Waals surface area (Å²) in [5, 5.41) is 3.89. The van der Waals surface area contributed by atoms with E-state index in [-0.39, 0.29) is 17.9 Å². The molecule has 2 unspecified atom stereocenters. The molecular weight excluding hydrogens is 497 g/mol. The number of sulfonamides is 1. The summed E-state index contributed by atoms with van der Waals surface area (Å²) in [7, 11) is -3.42. The van der Waals surface area contributed by atoms with Crippen LogP contribution in [0.25, 0.3) is 5.69 Å². The van der Waals surface area contributed by atoms with Crippen molar-refractivity contribution in [1.29, 1.82) is 0 Å². The van der Waals surface area contributed by atoms with Crippen LogP contribution in [0.1, 0.15) is 29.0 Å². The van der Waals surface area contributed by atoms with Crippen LogP contribution < -0.4 is 14.9 Å². The van der Waals surface area contributed by atoms with Gasteiger partial charge in [-0.3, -0.25) is 9.71 Å². The molecule has 0 amide bonds. The number of hydrogen-bond acceptors (Lipinski definition) is 4. The van der Waals surface area contributed by atoms with Gasteiger partial charge in [0.1, 0.15) is 11.9 Å². The van der Waals surface area contributed by atoms with E-state index in [0.29, 0.717) is 16.5 Å². The van der Waals surface area contributed by atoms with Gasteiger partial charge in [-0.05, 0) is 79.3 Å². The summed E-state index contributed by atoms with van der Waals surface area (Å²) in [6.45, 7) is 1.83. The van der Waals surface area contributed by atoms with Crippen molar-refractivity contribution in [2.45, 2.75) is 19.0 Å². The minimum atomic E-state index is -3.42. The highest BCUT2D eigenvalue weighted by Gasteiger charge is 2.42. The highest BCUT2D eigenvalue weighted by atomic mass is 32.2. The zero-order valence-corrected chi connectivity index (χ0v) is 21.2. The van der Waals surface area contributed by atoms with E-state index in [9.17, 15) is 12.8 Å². The van der Waals surface area contributed by atoms with Crippen molar-refractivity contribution in [3.63, 3.8) is 0 Å². The average Bonchev–Trinajstić information content (AvgIpc) is 3.44. The molecule has 5 rings (SSSR count). The lowest BCUT2D eigenvalue weighted by molar-refractivity contribution is 0.544. The number of aryl methyl sites for hydroxylation is 1. The molecule has 1 fully saturated rings. The Hall–Kier alpha value is -3.76. The number of para-hydroxylation sites is 1. The Morgan fingerprint density at radius 3 is 2.53 bits per heavy atom. The fourth-order valence-corrected chi connectivity index (χ4v) is 5.52. The lowest BCUT2D eigenvalue weighted by Gasteiger charge is -2.29. The Balaban J connectivity index is 1.65. The number of rotatable bonds is 6. The molecule has 36 heavy (non-hydrogen) atoms. The van der Waals surface area contributed by atoms with Gasteiger partial charge in [-0.25, -0.2) is 12.8 Å². The Bertz CT molecular complexity index is 1540. The first-order valence-electron chi connectivity index (χ1n) is 11.2. The molecule has 2 aromatic heterocycles. The number of hydrogen-bond donors (Lipinski definition) is 2. The Labute approximate surface area is 214 Å². The molecule has 0 bridgehead atoms. The maximum absolute atomic E-state index is 14.8. The standard InChI is InChI=1S/C26H24FN5O2S2/c1-17-16-18(12-13-20(17)30-36(2,33)34)32-25(24(29-26(32)35)21-9-5-6-14-28-21)23-11-7-15-31(23)22-10-4-3-8-19(22)27/h3-16,24-25,30H,1-2H3,(H,29,35). The first kappa shape index (κ1) is 24.0. The van der Waals surface area contributed by atoms with Gasteiger partial charge in [0.25, 0.3) is 0 Å². The first-order chi connectivity index (χ1) is 17.2. The van der Waals surface area contributed by atoms with Gasteiger partial charge in [0, 0.05) is 23.8 Å². The topological polar surface area (TPSA) is 79.3 Å². The minimum Gasteiger partial charge on any atom is -0.351 e. The second kappa shape index (κ2) is 9.36. The summed E-state index contributed by atoms with van der Waals surface area (Å²) in [4.78, 5) is 6.54. The molecule has 0 radical (unpaired) electrons. The van der Waals surface area contributed by atoms with Gasteiger partial charge in [-0.15, -0.1) is 0 Å². The van der Waals surface area contributed by atoms with E-state index in [1.807, 2.05) is 65.1 Å². The summed E-state index contributed by atoms with van der Waals surface area (Å²) in [5.41, 5.74) is 4.05. The molecule has 10 heteroatoms. The molecule has 1 aliphatic rings. The SMILES string of the molecule is Cc1cc(N2C(=S)NC(c3ccccn3)C2c2cccn2-c2ccccc2F)ccc1NS(C)(=O)=O. The van der Waals surface area contributed by atoms with E-state index in [1.165, 1.54) is 6.07 Å². The summed E-state index contributed by atoms with van der Waals surface area (Å²) in [5.74, 6) is -0.337. The number of benzene rings is 2. The van der Waals surface area contributed by atoms with Crippen LogP contribution in [0, 0.1) is 12.7 Å². The van der Waals surface area contributed by atoms with Crippen LogP contribution in [-0.4, -0.2) is 29.3 Å². The Morgan fingerprint density at radius 1 is 1.06 bits per heavy atom. The van der Waals surface area contributed by atoms with E-state index in [0.717, 1.165) is 28.9 Å². The van der Waals surface area contributed by atoms with Crippen molar-refractivity contribution in [2.24, 2.45) is 0 Å². The number of pyridine rings is 1. The van der Waals surface area contributed by atoms with Gasteiger partial charge < -0.3 is 14.8 Å². The fourth-order valence-electron chi connectivity index (χ4n) is 4.55. The second-order valence-corrected chi connectivity index (χ2v) is 10.8. The van der Waals surface area contributed by atoms with Gasteiger partial charge in [0.05, 0.1) is 29.4 Å². The van der Waals surface area contributed by atoms with Crippen molar-refractivity contribution < 1.29 is 12.8 Å². The number of nitrogens with one attached hydrogen (secondary N) is 2. The predicted octanol–water partition coefficient (Wildman–Crippen LogP) is 4.87. The van der Waals surface area contributed by atoms with Crippen LogP contribution in [0.5, 0.6) is 0 Å². The van der Waals surface area contributed by atoms with Gasteiger partial charge in [-0.2, -0.15) is 0 Å². The van der Waals surface area contributed by atoms with E-state index in [1.54, 1.807) is 30.5 Å². The quantitative estimate of drug-likeness (QED) is 0.353. The normalized spacial score (nSPS) is 17.8. The lowest BCUT2D eigenvalue weighted by atomic mass is 10.0. The molecule has 2 N–H and O–H groups in total. The van der Waals surface area contributed by atoms with Crippen molar-refractivity contribution in [3.05, 3.63) is 108 Å². The minimum absolute atomic E-state index is 0.312. The highest BCUT2D eigenvalue weighted by Crippen LogP contribution is 2.43. The zero-order chi connectivity index (χ0) is 25.4. The molecule has 2 aromatic carbocycles. The Morgan fingerprint density at radius 2 is 1.83 bits per heavy atom. The molecule has 3 heterocycles. The van der Waals surface area contributed by atoms with Crippen molar-refractivity contribution >= 4 is 38.7 Å². The number of thiocarbonyl (C=S) groups is 1. The number of nitrogens with zero attached hydrogens (tertiary/aromatic N) is 3. The highest BCUT2D eigenvalue weighted by molar-refractivity contribution is 7.92. The van der Waals surface area contributed by atoms with E-state index in [2.05, 4.69) is 15.0 Å². The van der Waals surface area contributed by atoms with Crippen LogP contribution in [0.2, 0.25) is 0 Å². The third-order valence-electron chi connectivity index (χ3n) is 6.08. The molecule has 0 spiro atoms. The van der Waals surface area contributed by atoms with Crippen LogP contribution in [0.4, 0.5) is 15.8 Å². The van der Waals surface area contributed by atoms with Crippen LogP contribution >= 0.6 is 12.2 Å². The van der Waals surface area contributed by atoms with E-state index >= 15 is 0 Å². The van der Waals surface area contributed by atoms with Crippen molar-refractivity contribution in [1.82, 2.24) is 14.9 Å². The van der Waals surface area contributed by atoms with E-state index in [4.69, 9.17) is 12.2 Å². The van der Waals surface area contributed by atoms with Gasteiger partial charge >= 0.3 is 0 Å². The lowest BCUT2D eigenvalue weighted by Crippen LogP contribution is -2.30. The van der Waals surface area contributed by atoms with Crippen LogP contribution in [-0.2, 0) is 10.0 Å². The summed E-state index contributed by atoms with van der Waals surface area (Å²) < 4.78 is 42.7. The molecule has 184 valence electrons. The largest absolute Gasteiger partial charge is 0.351 e. The average molecular weight is 522 g/mol. The molecule has 0 saturated carbocycles. The number of anilines is 2. The number of aromatic nitrogens is 2. The smallest absolute Gasteiger partial charge is 0.229 e. The molecule has 2 atom stereocenters. The maximum Gasteiger partial charge on any atom is 0.229 e. The van der Waals surface area contributed by atoms with Crippen molar-refractivity contribution in [3.8, 4) is 5.69 Å². The van der Waals surface area contributed by atoms with Gasteiger partial charge in [-0.1, -0.05) is 18.2 Å². The molecule has 1 saturated heterocycles. The third kappa shape index (κ3) is 4.57. The summed E-state index contributed by atoms with van der Waals surface area (Å²) >= 11 is 5.79. The second-order valence-electron chi connectivity index (χ2n) is 8.62. The first-order valence-corrected chi connectivity index (χ1v) is 13.5. The number of halogens is 1. The zero-order valence-electron chi connectivity index (χ0n) is 19.6. The molecular formula is C26H24FN5O2S2. The van der Waals surface area contributed by atoms with Gasteiger partial charge in [0.2, 0.25) is 10.0 Å². The maximum atomic E-state index is 14.8.